The number of hydrogen-bond acceptors (Lipinski definition) is 4. The molecular weight excluding hydrogens is 314 g/mol. The summed E-state index contributed by atoms with van der Waals surface area (Å²) in [4.78, 5) is 26.2. The minimum absolute atomic E-state index is 0.167. The van der Waals surface area contributed by atoms with Gasteiger partial charge in [-0.25, -0.2) is 4.79 Å². The molecule has 0 spiro atoms. The zero-order valence-corrected chi connectivity index (χ0v) is 15.2. The smallest absolute Gasteiger partial charge is 0.330 e. The maximum absolute atomic E-state index is 12.6. The molecule has 0 bridgehead atoms. The van der Waals surface area contributed by atoms with Crippen LogP contribution in [-0.2, 0) is 16.0 Å². The normalized spacial score (nSPS) is 25.7. The van der Waals surface area contributed by atoms with Crippen molar-refractivity contribution >= 4 is 23.2 Å². The van der Waals surface area contributed by atoms with Crippen LogP contribution in [0.2, 0.25) is 0 Å². The van der Waals surface area contributed by atoms with Gasteiger partial charge in [-0.2, -0.15) is 0 Å². The molecule has 1 aromatic rings. The zero-order valence-electron chi connectivity index (χ0n) is 14.4. The van der Waals surface area contributed by atoms with Gasteiger partial charge in [0.05, 0.1) is 11.0 Å². The first-order valence-corrected chi connectivity index (χ1v) is 8.78. The predicted molar refractivity (Wildman–Crippen MR) is 90.1 cm³/mol. The van der Waals surface area contributed by atoms with Gasteiger partial charge in [-0.05, 0) is 31.9 Å². The lowest BCUT2D eigenvalue weighted by atomic mass is 9.54. The van der Waals surface area contributed by atoms with E-state index in [9.17, 15) is 14.7 Å². The lowest BCUT2D eigenvalue weighted by molar-refractivity contribution is -0.190. The number of amides is 1. The van der Waals surface area contributed by atoms with Crippen LogP contribution in [0.3, 0.4) is 0 Å². The van der Waals surface area contributed by atoms with Crippen LogP contribution in [0.1, 0.15) is 54.2 Å². The number of nitrogens with one attached hydrogen (secondary N) is 1. The fraction of sp³-hybridized carbons (Fsp3) is 0.647. The number of thiophene rings is 1. The van der Waals surface area contributed by atoms with Crippen molar-refractivity contribution in [1.29, 1.82) is 0 Å². The number of carboxylic acids is 1. The van der Waals surface area contributed by atoms with Crippen LogP contribution in [0.15, 0.2) is 6.07 Å². The molecule has 1 aliphatic rings. The van der Waals surface area contributed by atoms with Crippen molar-refractivity contribution in [2.75, 3.05) is 6.61 Å². The molecular formula is C17H25NO4S. The van der Waals surface area contributed by atoms with E-state index in [0.717, 1.165) is 16.9 Å². The molecule has 1 saturated carbocycles. The van der Waals surface area contributed by atoms with Gasteiger partial charge >= 0.3 is 5.97 Å². The van der Waals surface area contributed by atoms with Crippen molar-refractivity contribution in [2.24, 2.45) is 5.41 Å². The Balaban J connectivity index is 2.24. The van der Waals surface area contributed by atoms with Crippen molar-refractivity contribution in [2.45, 2.75) is 59.1 Å². The average molecular weight is 339 g/mol. The third-order valence-electron chi connectivity index (χ3n) is 5.02. The number of aliphatic carboxylic acids is 1. The molecule has 2 N–H and O–H groups in total. The Kier molecular flexibility index (Phi) is 4.87. The van der Waals surface area contributed by atoms with Gasteiger partial charge in [-0.3, -0.25) is 4.79 Å². The molecule has 2 rings (SSSR count). The van der Waals surface area contributed by atoms with Gasteiger partial charge in [0.15, 0.2) is 0 Å². The highest BCUT2D eigenvalue weighted by Crippen LogP contribution is 2.51. The Hall–Kier alpha value is -1.40. The molecule has 0 aliphatic heterocycles. The lowest BCUT2D eigenvalue weighted by Gasteiger charge is -2.58. The van der Waals surface area contributed by atoms with Crippen LogP contribution in [0.4, 0.5) is 0 Å². The third kappa shape index (κ3) is 2.78. The number of carbonyl (C=O) groups is 2. The summed E-state index contributed by atoms with van der Waals surface area (Å²) in [7, 11) is 0. The summed E-state index contributed by atoms with van der Waals surface area (Å²) in [5.74, 6) is -1.32. The molecule has 1 aromatic heterocycles. The van der Waals surface area contributed by atoms with Crippen LogP contribution < -0.4 is 5.32 Å². The standard InChI is InChI=1S/C17H25NO4S/c1-6-11-10(3)8-12(23-11)14(19)18-17(15(20)21)9-13(22-7-2)16(17,4)5/h8,13H,6-7,9H2,1-5H3,(H,18,19)(H,20,21). The molecule has 5 nitrogen and oxygen atoms in total. The Morgan fingerprint density at radius 2 is 2.09 bits per heavy atom. The summed E-state index contributed by atoms with van der Waals surface area (Å²) in [6, 6.07) is 1.83. The average Bonchev–Trinajstić information content (AvgIpc) is 2.86. The summed E-state index contributed by atoms with van der Waals surface area (Å²) < 4.78 is 5.61. The number of ether oxygens (including phenoxy) is 1. The first-order chi connectivity index (χ1) is 10.7. The van der Waals surface area contributed by atoms with Gasteiger partial charge in [-0.15, -0.1) is 11.3 Å². The van der Waals surface area contributed by atoms with Crippen LogP contribution >= 0.6 is 11.3 Å². The molecule has 0 radical (unpaired) electrons. The molecule has 0 saturated heterocycles. The van der Waals surface area contributed by atoms with Crippen molar-refractivity contribution in [1.82, 2.24) is 5.32 Å². The van der Waals surface area contributed by atoms with E-state index in [-0.39, 0.29) is 12.0 Å². The molecule has 1 heterocycles. The largest absolute Gasteiger partial charge is 0.479 e. The predicted octanol–water partition coefficient (Wildman–Crippen LogP) is 3.01. The molecule has 1 aliphatic carbocycles. The van der Waals surface area contributed by atoms with E-state index in [1.54, 1.807) is 0 Å². The van der Waals surface area contributed by atoms with Gasteiger partial charge in [0.2, 0.25) is 0 Å². The second-order valence-electron chi connectivity index (χ2n) is 6.60. The van der Waals surface area contributed by atoms with Gasteiger partial charge in [0.25, 0.3) is 5.91 Å². The Bertz CT molecular complexity index is 622. The Morgan fingerprint density at radius 3 is 2.52 bits per heavy atom. The van der Waals surface area contributed by atoms with Crippen LogP contribution in [0.25, 0.3) is 0 Å². The number of hydrogen-bond donors (Lipinski definition) is 2. The van der Waals surface area contributed by atoms with E-state index >= 15 is 0 Å². The lowest BCUT2D eigenvalue weighted by Crippen LogP contribution is -2.76. The number of carbonyl (C=O) groups excluding carboxylic acids is 1. The summed E-state index contributed by atoms with van der Waals surface area (Å²) in [6.45, 7) is 10.1. The molecule has 6 heteroatoms. The third-order valence-corrected chi connectivity index (χ3v) is 6.40. The van der Waals surface area contributed by atoms with Crippen LogP contribution in [0, 0.1) is 12.3 Å². The molecule has 2 atom stereocenters. The fourth-order valence-corrected chi connectivity index (χ4v) is 4.28. The van der Waals surface area contributed by atoms with E-state index in [4.69, 9.17) is 4.74 Å². The first-order valence-electron chi connectivity index (χ1n) is 7.96. The summed E-state index contributed by atoms with van der Waals surface area (Å²) in [5, 5.41) is 12.5. The number of rotatable bonds is 6. The number of aryl methyl sites for hydroxylation is 2. The van der Waals surface area contributed by atoms with E-state index in [2.05, 4.69) is 5.32 Å². The molecule has 23 heavy (non-hydrogen) atoms. The molecule has 2 unspecified atom stereocenters. The second kappa shape index (κ2) is 6.24. The minimum Gasteiger partial charge on any atom is -0.479 e. The zero-order chi connectivity index (χ0) is 17.4. The fourth-order valence-electron chi connectivity index (χ4n) is 3.28. The quantitative estimate of drug-likeness (QED) is 0.835. The van der Waals surface area contributed by atoms with E-state index in [0.29, 0.717) is 17.9 Å². The van der Waals surface area contributed by atoms with E-state index in [1.807, 2.05) is 40.7 Å². The highest BCUT2D eigenvalue weighted by Gasteiger charge is 2.66. The monoisotopic (exact) mass is 339 g/mol. The molecule has 0 aromatic carbocycles. The van der Waals surface area contributed by atoms with Crippen LogP contribution in [-0.4, -0.2) is 35.2 Å². The van der Waals surface area contributed by atoms with Crippen molar-refractivity contribution in [3.63, 3.8) is 0 Å². The van der Waals surface area contributed by atoms with Gasteiger partial charge in [0, 0.05) is 23.3 Å². The van der Waals surface area contributed by atoms with Crippen molar-refractivity contribution in [3.8, 4) is 0 Å². The topological polar surface area (TPSA) is 75.6 Å². The SMILES string of the molecule is CCOC1CC(NC(=O)c2cc(C)c(CC)s2)(C(=O)O)C1(C)C. The van der Waals surface area contributed by atoms with E-state index < -0.39 is 16.9 Å². The van der Waals surface area contributed by atoms with Gasteiger partial charge in [0.1, 0.15) is 5.54 Å². The van der Waals surface area contributed by atoms with Gasteiger partial charge in [-0.1, -0.05) is 20.8 Å². The number of carboxylic acid groups (broad SMARTS) is 1. The minimum atomic E-state index is -1.28. The second-order valence-corrected chi connectivity index (χ2v) is 7.74. The maximum atomic E-state index is 12.6. The Labute approximate surface area is 141 Å². The van der Waals surface area contributed by atoms with Crippen LogP contribution in [0.5, 0.6) is 0 Å². The summed E-state index contributed by atoms with van der Waals surface area (Å²) >= 11 is 1.43. The molecule has 1 fully saturated rings. The highest BCUT2D eigenvalue weighted by molar-refractivity contribution is 7.14. The highest BCUT2D eigenvalue weighted by atomic mass is 32.1. The summed E-state index contributed by atoms with van der Waals surface area (Å²) in [5.41, 5.74) is -0.870. The molecule has 128 valence electrons. The van der Waals surface area contributed by atoms with Gasteiger partial charge < -0.3 is 15.2 Å². The summed E-state index contributed by atoms with van der Waals surface area (Å²) in [6.07, 6.45) is 0.992. The van der Waals surface area contributed by atoms with Crippen molar-refractivity contribution < 1.29 is 19.4 Å². The maximum Gasteiger partial charge on any atom is 0.330 e. The molecule has 1 amide bonds. The first kappa shape index (κ1) is 17.9. The van der Waals surface area contributed by atoms with Crippen molar-refractivity contribution in [3.05, 3.63) is 21.4 Å². The van der Waals surface area contributed by atoms with E-state index in [1.165, 1.54) is 11.3 Å². The Morgan fingerprint density at radius 1 is 1.43 bits per heavy atom.